The van der Waals surface area contributed by atoms with Gasteiger partial charge in [-0.25, -0.2) is 9.97 Å². The molecular weight excluding hydrogens is 646 g/mol. The minimum absolute atomic E-state index is 0.0797. The molecule has 0 fully saturated rings. The Morgan fingerprint density at radius 1 is 1.24 bits per heavy atom. The average molecular weight is 666 g/mol. The van der Waals surface area contributed by atoms with Gasteiger partial charge < -0.3 is 9.47 Å². The van der Waals surface area contributed by atoms with Crippen LogP contribution < -0.4 is 15.0 Å². The zero-order valence-corrected chi connectivity index (χ0v) is 24.2. The van der Waals surface area contributed by atoms with Gasteiger partial charge in [0.2, 0.25) is 5.88 Å². The first-order chi connectivity index (χ1) is 18.1. The molecule has 0 bridgehead atoms. The lowest BCUT2D eigenvalue weighted by Gasteiger charge is -2.15. The molecule has 2 aromatic heterocycles. The molecular formula is C25H20Br2ClN5O5. The van der Waals surface area contributed by atoms with E-state index >= 15 is 0 Å². The van der Waals surface area contributed by atoms with E-state index in [2.05, 4.69) is 46.9 Å². The van der Waals surface area contributed by atoms with Crippen molar-refractivity contribution in [2.24, 2.45) is 5.10 Å². The van der Waals surface area contributed by atoms with Gasteiger partial charge in [-0.15, -0.1) is 0 Å². The standard InChI is InChI=1S/C25H20Br2ClN5O5/c1-4-37-19-9-14(21(27)22(28)23(19)38-20-8-6-16(12-29-20)33(35)36)11-30-32-24(13(2)3)31-18-7-5-15(26)10-17(18)25(32)34/h5-13H,4H2,1-3H3. The summed E-state index contributed by atoms with van der Waals surface area (Å²) in [5.41, 5.74) is 0.608. The molecule has 196 valence electrons. The molecule has 0 saturated carbocycles. The van der Waals surface area contributed by atoms with E-state index in [4.69, 9.17) is 21.1 Å². The number of pyridine rings is 1. The van der Waals surface area contributed by atoms with Gasteiger partial charge in [0.1, 0.15) is 17.0 Å². The highest BCUT2D eigenvalue weighted by molar-refractivity contribution is 9.10. The maximum absolute atomic E-state index is 13.3. The second-order valence-corrected chi connectivity index (χ2v) is 10.3. The van der Waals surface area contributed by atoms with Crippen LogP contribution in [0.25, 0.3) is 10.9 Å². The molecule has 13 heteroatoms. The number of fused-ring (bicyclic) bond motifs is 1. The number of nitro groups is 1. The average Bonchev–Trinajstić information content (AvgIpc) is 2.88. The second-order valence-electron chi connectivity index (χ2n) is 8.22. The summed E-state index contributed by atoms with van der Waals surface area (Å²) in [6.07, 6.45) is 2.56. The summed E-state index contributed by atoms with van der Waals surface area (Å²) in [4.78, 5) is 32.3. The highest BCUT2D eigenvalue weighted by atomic mass is 79.9. The zero-order valence-electron chi connectivity index (χ0n) is 20.3. The normalized spacial score (nSPS) is 11.4. The van der Waals surface area contributed by atoms with E-state index in [9.17, 15) is 14.9 Å². The first kappa shape index (κ1) is 27.7. The van der Waals surface area contributed by atoms with Crippen LogP contribution in [0.3, 0.4) is 0 Å². The molecule has 0 radical (unpaired) electrons. The van der Waals surface area contributed by atoms with Crippen LogP contribution in [0, 0.1) is 10.1 Å². The molecule has 0 saturated heterocycles. The Hall–Kier alpha value is -3.35. The van der Waals surface area contributed by atoms with Crippen LogP contribution in [0.15, 0.2) is 61.4 Å². The Bertz CT molecular complexity index is 1620. The number of rotatable bonds is 8. The number of hydrogen-bond acceptors (Lipinski definition) is 8. The van der Waals surface area contributed by atoms with Gasteiger partial charge in [-0.1, -0.05) is 41.4 Å². The van der Waals surface area contributed by atoms with Gasteiger partial charge in [-0.3, -0.25) is 14.9 Å². The lowest BCUT2D eigenvalue weighted by atomic mass is 10.2. The van der Waals surface area contributed by atoms with E-state index in [1.54, 1.807) is 25.1 Å². The van der Waals surface area contributed by atoms with Gasteiger partial charge in [0.05, 0.1) is 28.6 Å². The van der Waals surface area contributed by atoms with Crippen LogP contribution in [0.1, 0.15) is 38.1 Å². The Morgan fingerprint density at radius 3 is 2.63 bits per heavy atom. The molecule has 0 N–H and O–H groups in total. The molecule has 0 amide bonds. The fourth-order valence-electron chi connectivity index (χ4n) is 3.47. The minimum Gasteiger partial charge on any atom is -0.490 e. The summed E-state index contributed by atoms with van der Waals surface area (Å²) >= 11 is 13.5. The molecule has 4 aromatic rings. The molecule has 0 unspecified atom stereocenters. The van der Waals surface area contributed by atoms with Crippen LogP contribution in [0.2, 0.25) is 5.02 Å². The third-order valence-electron chi connectivity index (χ3n) is 5.26. The number of benzene rings is 2. The second kappa shape index (κ2) is 11.6. The Morgan fingerprint density at radius 2 is 2.00 bits per heavy atom. The third kappa shape index (κ3) is 5.71. The number of halogens is 3. The summed E-state index contributed by atoms with van der Waals surface area (Å²) in [5.74, 6) is 0.963. The van der Waals surface area contributed by atoms with E-state index in [0.717, 1.165) is 10.7 Å². The minimum atomic E-state index is -0.556. The summed E-state index contributed by atoms with van der Waals surface area (Å²) in [6, 6.07) is 9.60. The van der Waals surface area contributed by atoms with E-state index in [0.29, 0.717) is 39.1 Å². The van der Waals surface area contributed by atoms with E-state index in [1.807, 2.05) is 19.9 Å². The fourth-order valence-corrected chi connectivity index (χ4v) is 4.47. The van der Waals surface area contributed by atoms with Crippen molar-refractivity contribution >= 4 is 66.3 Å². The molecule has 2 heterocycles. The van der Waals surface area contributed by atoms with Crippen LogP contribution in [0.4, 0.5) is 5.69 Å². The van der Waals surface area contributed by atoms with Gasteiger partial charge >= 0.3 is 0 Å². The molecule has 0 aliphatic carbocycles. The number of ether oxygens (including phenoxy) is 2. The lowest BCUT2D eigenvalue weighted by molar-refractivity contribution is -0.385. The third-order valence-corrected chi connectivity index (χ3v) is 7.19. The smallest absolute Gasteiger partial charge is 0.287 e. The van der Waals surface area contributed by atoms with Gasteiger partial charge in [0.25, 0.3) is 11.2 Å². The summed E-state index contributed by atoms with van der Waals surface area (Å²) < 4.78 is 14.0. The van der Waals surface area contributed by atoms with Crippen LogP contribution in [-0.2, 0) is 0 Å². The van der Waals surface area contributed by atoms with Gasteiger partial charge in [0.15, 0.2) is 11.5 Å². The van der Waals surface area contributed by atoms with Gasteiger partial charge in [-0.2, -0.15) is 9.78 Å². The summed E-state index contributed by atoms with van der Waals surface area (Å²) in [6.45, 7) is 5.96. The highest BCUT2D eigenvalue weighted by Gasteiger charge is 2.20. The maximum Gasteiger partial charge on any atom is 0.287 e. The highest BCUT2D eigenvalue weighted by Crippen LogP contribution is 2.44. The van der Waals surface area contributed by atoms with Crippen molar-refractivity contribution in [2.45, 2.75) is 26.7 Å². The van der Waals surface area contributed by atoms with E-state index < -0.39 is 4.92 Å². The monoisotopic (exact) mass is 663 g/mol. The van der Waals surface area contributed by atoms with Crippen LogP contribution in [-0.4, -0.2) is 32.4 Å². The van der Waals surface area contributed by atoms with Crippen molar-refractivity contribution in [2.75, 3.05) is 6.61 Å². The van der Waals surface area contributed by atoms with Crippen molar-refractivity contribution in [3.8, 4) is 17.4 Å². The molecule has 0 atom stereocenters. The first-order valence-electron chi connectivity index (χ1n) is 11.3. The SMILES string of the molecule is CCOc1cc(C=Nn2c(C(C)C)nc3ccc(Br)cc3c2=O)c(Br)c(Cl)c1Oc1ccc([N+](=O)[O-])cn1. The van der Waals surface area contributed by atoms with Crippen molar-refractivity contribution in [1.29, 1.82) is 0 Å². The van der Waals surface area contributed by atoms with E-state index in [1.165, 1.54) is 23.0 Å². The van der Waals surface area contributed by atoms with Crippen molar-refractivity contribution in [3.63, 3.8) is 0 Å². The van der Waals surface area contributed by atoms with Gasteiger partial charge in [-0.05, 0) is 47.1 Å². The quantitative estimate of drug-likeness (QED) is 0.112. The van der Waals surface area contributed by atoms with Crippen LogP contribution in [0.5, 0.6) is 17.4 Å². The summed E-state index contributed by atoms with van der Waals surface area (Å²) in [7, 11) is 0. The molecule has 0 aliphatic heterocycles. The van der Waals surface area contributed by atoms with Crippen LogP contribution >= 0.6 is 43.5 Å². The number of hydrogen-bond donors (Lipinski definition) is 0. The largest absolute Gasteiger partial charge is 0.490 e. The predicted molar refractivity (Wildman–Crippen MR) is 152 cm³/mol. The van der Waals surface area contributed by atoms with E-state index in [-0.39, 0.29) is 33.8 Å². The number of aromatic nitrogens is 3. The van der Waals surface area contributed by atoms with Crippen molar-refractivity contribution in [3.05, 3.63) is 88.4 Å². The molecule has 4 rings (SSSR count). The lowest BCUT2D eigenvalue weighted by Crippen LogP contribution is -2.23. The molecule has 10 nitrogen and oxygen atoms in total. The Labute approximate surface area is 238 Å². The van der Waals surface area contributed by atoms with Crippen molar-refractivity contribution in [1.82, 2.24) is 14.6 Å². The molecule has 38 heavy (non-hydrogen) atoms. The Kier molecular flexibility index (Phi) is 8.44. The Balaban J connectivity index is 1.78. The maximum atomic E-state index is 13.3. The predicted octanol–water partition coefficient (Wildman–Crippen LogP) is 7.07. The number of nitrogens with zero attached hydrogens (tertiary/aromatic N) is 5. The molecule has 2 aromatic carbocycles. The molecule has 0 aliphatic rings. The first-order valence-corrected chi connectivity index (χ1v) is 13.3. The fraction of sp³-hybridized carbons (Fsp3) is 0.200. The topological polar surface area (TPSA) is 122 Å². The van der Waals surface area contributed by atoms with Gasteiger partial charge in [0, 0.05) is 32.6 Å². The summed E-state index contributed by atoms with van der Waals surface area (Å²) in [5, 5.41) is 16.0. The zero-order chi connectivity index (χ0) is 27.6. The van der Waals surface area contributed by atoms with Crippen molar-refractivity contribution < 1.29 is 14.4 Å². The molecule has 0 spiro atoms.